The van der Waals surface area contributed by atoms with E-state index < -0.39 is 18.0 Å². The Hall–Kier alpha value is -4.78. The number of nitrogens with one attached hydrogen (secondary N) is 1. The van der Waals surface area contributed by atoms with Gasteiger partial charge in [-0.25, -0.2) is 9.78 Å². The van der Waals surface area contributed by atoms with Crippen LogP contribution in [0.1, 0.15) is 33.2 Å². The lowest BCUT2D eigenvalue weighted by Crippen LogP contribution is -2.29. The molecule has 1 aliphatic rings. The monoisotopic (exact) mass is 535 g/mol. The maximum absolute atomic E-state index is 13.0. The van der Waals surface area contributed by atoms with E-state index in [2.05, 4.69) is 20.5 Å². The molecule has 4 aromatic rings. The Morgan fingerprint density at radius 2 is 1.89 bits per heavy atom. The zero-order valence-electron chi connectivity index (χ0n) is 20.2. The molecular weight excluding hydrogens is 514 g/mol. The van der Waals surface area contributed by atoms with Gasteiger partial charge in [-0.1, -0.05) is 0 Å². The van der Waals surface area contributed by atoms with E-state index in [-0.39, 0.29) is 33.8 Å². The highest BCUT2D eigenvalue weighted by Gasteiger charge is 2.31. The summed E-state index contributed by atoms with van der Waals surface area (Å²) in [7, 11) is 1.70. The van der Waals surface area contributed by atoms with E-state index in [0.29, 0.717) is 36.1 Å². The van der Waals surface area contributed by atoms with E-state index in [1.54, 1.807) is 49.2 Å². The van der Waals surface area contributed by atoms with Crippen molar-refractivity contribution in [1.82, 2.24) is 20.1 Å². The summed E-state index contributed by atoms with van der Waals surface area (Å²) in [5.41, 5.74) is 0.707. The van der Waals surface area contributed by atoms with Gasteiger partial charge < -0.3 is 23.9 Å². The van der Waals surface area contributed by atoms with Gasteiger partial charge in [0.05, 0.1) is 0 Å². The number of nitrogens with zero attached hydrogens (tertiary/aromatic N) is 4. The number of aromatic nitrogens is 3. The van der Waals surface area contributed by atoms with E-state index in [0.717, 1.165) is 11.3 Å². The first-order valence-corrected chi connectivity index (χ1v) is 12.3. The van der Waals surface area contributed by atoms with Crippen LogP contribution in [0.15, 0.2) is 52.3 Å². The van der Waals surface area contributed by atoms with E-state index in [1.165, 1.54) is 17.5 Å². The number of rotatable bonds is 8. The van der Waals surface area contributed by atoms with Crippen molar-refractivity contribution in [3.05, 3.63) is 65.0 Å². The first-order valence-electron chi connectivity index (χ1n) is 11.4. The Balaban J connectivity index is 1.40. The second-order valence-electron chi connectivity index (χ2n) is 8.40. The van der Waals surface area contributed by atoms with E-state index in [1.807, 2.05) is 0 Å². The molecule has 1 atom stereocenters. The van der Waals surface area contributed by atoms with Crippen LogP contribution in [0.25, 0.3) is 11.5 Å². The fourth-order valence-electron chi connectivity index (χ4n) is 3.71. The smallest absolute Gasteiger partial charge is 0.355 e. The lowest BCUT2D eigenvalue weighted by atomic mass is 10.1. The molecule has 2 amide bonds. The maximum Gasteiger partial charge on any atom is 0.355 e. The van der Waals surface area contributed by atoms with Gasteiger partial charge in [-0.15, -0.1) is 21.5 Å². The van der Waals surface area contributed by atoms with Crippen LogP contribution in [0, 0.1) is 6.92 Å². The molecule has 0 aliphatic carbocycles. The van der Waals surface area contributed by atoms with Gasteiger partial charge in [0.1, 0.15) is 17.2 Å². The minimum absolute atomic E-state index is 0.126. The number of amides is 2. The number of aryl methyl sites for hydroxylation is 1. The van der Waals surface area contributed by atoms with Crippen molar-refractivity contribution in [2.24, 2.45) is 0 Å². The first-order chi connectivity index (χ1) is 18.2. The lowest BCUT2D eigenvalue weighted by Gasteiger charge is -2.15. The van der Waals surface area contributed by atoms with Gasteiger partial charge in [0.25, 0.3) is 11.8 Å². The summed E-state index contributed by atoms with van der Waals surface area (Å²) in [5.74, 6) is -0.0466. The summed E-state index contributed by atoms with van der Waals surface area (Å²) in [5, 5.41) is 20.9. The van der Waals surface area contributed by atoms with Crippen LogP contribution in [0.2, 0.25) is 0 Å². The van der Waals surface area contributed by atoms with Gasteiger partial charge in [0.2, 0.25) is 11.8 Å². The molecule has 0 saturated carbocycles. The summed E-state index contributed by atoms with van der Waals surface area (Å²) in [6.07, 6.45) is -0.171. The molecule has 12 nitrogen and oxygen atoms in total. The number of anilines is 1. The normalized spacial score (nSPS) is 14.9. The van der Waals surface area contributed by atoms with Crippen molar-refractivity contribution in [3.8, 4) is 28.7 Å². The Labute approximate surface area is 219 Å². The average molecular weight is 536 g/mol. The van der Waals surface area contributed by atoms with E-state index in [9.17, 15) is 14.4 Å². The number of likely N-dealkylation sites (tertiary alicyclic amines) is 1. The molecule has 38 heavy (non-hydrogen) atoms. The van der Waals surface area contributed by atoms with Crippen molar-refractivity contribution in [3.63, 3.8) is 0 Å². The maximum atomic E-state index is 13.0. The number of carboxylic acid groups (broad SMARTS) is 1. The second kappa shape index (κ2) is 10.3. The molecule has 0 spiro atoms. The van der Waals surface area contributed by atoms with Crippen molar-refractivity contribution >= 4 is 34.3 Å². The van der Waals surface area contributed by atoms with Crippen LogP contribution < -0.4 is 14.8 Å². The number of thiazole rings is 1. The summed E-state index contributed by atoms with van der Waals surface area (Å²) < 4.78 is 17.4. The van der Waals surface area contributed by atoms with Gasteiger partial charge in [-0.05, 0) is 36.4 Å². The molecule has 1 aliphatic heterocycles. The molecule has 2 aromatic heterocycles. The minimum atomic E-state index is -1.20. The molecule has 194 valence electrons. The SMILES string of the molecule is Cc1nnc(-c2ccc(Oc3cc(OC4CCN(C)C4=O)cc(C(=O)Nc4nc(C(=O)O)cs4)c3)cc2)o1. The zero-order valence-corrected chi connectivity index (χ0v) is 21.0. The van der Waals surface area contributed by atoms with Gasteiger partial charge in [0, 0.05) is 49.5 Å². The molecule has 2 aromatic carbocycles. The second-order valence-corrected chi connectivity index (χ2v) is 9.26. The predicted molar refractivity (Wildman–Crippen MR) is 135 cm³/mol. The summed E-state index contributed by atoms with van der Waals surface area (Å²) in [6, 6.07) is 11.5. The number of benzene rings is 2. The van der Waals surface area contributed by atoms with Gasteiger partial charge in [0.15, 0.2) is 16.9 Å². The highest BCUT2D eigenvalue weighted by molar-refractivity contribution is 7.14. The molecule has 1 fully saturated rings. The van der Waals surface area contributed by atoms with Crippen molar-refractivity contribution < 1.29 is 33.4 Å². The van der Waals surface area contributed by atoms with Crippen molar-refractivity contribution in [2.45, 2.75) is 19.4 Å². The number of hydrogen-bond donors (Lipinski definition) is 2. The van der Waals surface area contributed by atoms with E-state index >= 15 is 0 Å². The molecule has 1 unspecified atom stereocenters. The Morgan fingerprint density at radius 1 is 1.13 bits per heavy atom. The molecule has 1 saturated heterocycles. The van der Waals surface area contributed by atoms with Crippen LogP contribution in [-0.2, 0) is 4.79 Å². The highest BCUT2D eigenvalue weighted by Crippen LogP contribution is 2.31. The molecular formula is C25H21N5O7S. The van der Waals surface area contributed by atoms with E-state index in [4.69, 9.17) is 19.0 Å². The molecule has 13 heteroatoms. The quantitative estimate of drug-likeness (QED) is 0.339. The van der Waals surface area contributed by atoms with Gasteiger partial charge >= 0.3 is 5.97 Å². The molecule has 3 heterocycles. The van der Waals surface area contributed by atoms with Crippen molar-refractivity contribution in [1.29, 1.82) is 0 Å². The van der Waals surface area contributed by atoms with Crippen LogP contribution in [0.4, 0.5) is 5.13 Å². The Morgan fingerprint density at radius 3 is 2.53 bits per heavy atom. The third-order valence-corrected chi connectivity index (χ3v) is 6.36. The molecule has 0 radical (unpaired) electrons. The molecule has 0 bridgehead atoms. The van der Waals surface area contributed by atoms with Gasteiger partial charge in [-0.2, -0.15) is 0 Å². The third-order valence-electron chi connectivity index (χ3n) is 5.61. The molecule has 5 rings (SSSR count). The Bertz CT molecular complexity index is 1510. The number of likely N-dealkylation sites (N-methyl/N-ethyl adjacent to an activating group) is 1. The van der Waals surface area contributed by atoms with Crippen molar-refractivity contribution in [2.75, 3.05) is 18.9 Å². The predicted octanol–water partition coefficient (Wildman–Crippen LogP) is 3.85. The fourth-order valence-corrected chi connectivity index (χ4v) is 4.39. The standard InChI is InChI=1S/C25H21N5O7S/c1-13-28-29-22(35-13)14-3-5-16(6-4-14)36-17-9-15(21(31)27-25-26-19(12-38-25)24(33)34)10-18(11-17)37-20-7-8-30(2)23(20)32/h3-6,9-12,20H,7-8H2,1-2H3,(H,33,34)(H,26,27,31). The lowest BCUT2D eigenvalue weighted by molar-refractivity contribution is -0.132. The number of aromatic carboxylic acids is 1. The van der Waals surface area contributed by atoms with Crippen LogP contribution in [-0.4, -0.2) is 62.7 Å². The highest BCUT2D eigenvalue weighted by atomic mass is 32.1. The Kier molecular flexibility index (Phi) is 6.75. The largest absolute Gasteiger partial charge is 0.480 e. The van der Waals surface area contributed by atoms with Gasteiger partial charge in [-0.3, -0.25) is 14.9 Å². The number of carbonyl (C=O) groups excluding carboxylic acids is 2. The van der Waals surface area contributed by atoms with Crippen LogP contribution >= 0.6 is 11.3 Å². The number of carbonyl (C=O) groups is 3. The van der Waals surface area contributed by atoms with Crippen LogP contribution in [0.3, 0.4) is 0 Å². The summed E-state index contributed by atoms with van der Waals surface area (Å²) in [6.45, 7) is 2.27. The number of hydrogen-bond acceptors (Lipinski definition) is 10. The first kappa shape index (κ1) is 24.9. The van der Waals surface area contributed by atoms with Crippen LogP contribution in [0.5, 0.6) is 17.2 Å². The molecule has 2 N–H and O–H groups in total. The number of carboxylic acids is 1. The topological polar surface area (TPSA) is 157 Å². The minimum Gasteiger partial charge on any atom is -0.480 e. The summed E-state index contributed by atoms with van der Waals surface area (Å²) in [4.78, 5) is 41.9. The zero-order chi connectivity index (χ0) is 26.8. The number of ether oxygens (including phenoxy) is 2. The third kappa shape index (κ3) is 5.47. The average Bonchev–Trinajstić information content (AvgIpc) is 3.62. The summed E-state index contributed by atoms with van der Waals surface area (Å²) >= 11 is 0.986. The fraction of sp³-hybridized carbons (Fsp3) is 0.200.